The Labute approximate surface area is 258 Å². The lowest BCUT2D eigenvalue weighted by molar-refractivity contribution is -0.144. The van der Waals surface area contributed by atoms with E-state index in [-0.39, 0.29) is 61.2 Å². The summed E-state index contributed by atoms with van der Waals surface area (Å²) in [4.78, 5) is 42.1. The van der Waals surface area contributed by atoms with Crippen molar-refractivity contribution in [2.75, 3.05) is 32.8 Å². The summed E-state index contributed by atoms with van der Waals surface area (Å²) >= 11 is 0. The van der Waals surface area contributed by atoms with Crippen LogP contribution in [0.4, 0.5) is 0 Å². The van der Waals surface area contributed by atoms with Crippen molar-refractivity contribution in [1.29, 1.82) is 5.41 Å². The number of guanidine groups is 1. The van der Waals surface area contributed by atoms with Crippen molar-refractivity contribution in [1.82, 2.24) is 19.8 Å². The molecule has 1 heterocycles. The minimum atomic E-state index is -4.18. The van der Waals surface area contributed by atoms with Gasteiger partial charge in [-0.05, 0) is 61.4 Å². The van der Waals surface area contributed by atoms with E-state index in [9.17, 15) is 22.8 Å². The van der Waals surface area contributed by atoms with E-state index in [0.29, 0.717) is 19.6 Å². The molecule has 236 valence electrons. The Bertz CT molecular complexity index is 1410. The van der Waals surface area contributed by atoms with E-state index in [1.165, 1.54) is 17.0 Å². The molecule has 12 nitrogen and oxygen atoms in total. The fourth-order valence-electron chi connectivity index (χ4n) is 5.17. The molecule has 2 aromatic rings. The number of esters is 1. The summed E-state index contributed by atoms with van der Waals surface area (Å²) in [5, 5.41) is 12.0. The molecule has 1 saturated carbocycles. The number of carbonyl (C=O) groups is 3. The number of fused-ring (bicyclic) bond motifs is 1. The van der Waals surface area contributed by atoms with Gasteiger partial charge in [-0.15, -0.1) is 12.4 Å². The van der Waals surface area contributed by atoms with Gasteiger partial charge >= 0.3 is 5.97 Å². The van der Waals surface area contributed by atoms with Gasteiger partial charge in [0.05, 0.1) is 24.3 Å². The average Bonchev–Trinajstić information content (AvgIpc) is 3.81. The molecule has 2 aromatic carbocycles. The highest BCUT2D eigenvalue weighted by atomic mass is 35.5. The van der Waals surface area contributed by atoms with Crippen LogP contribution in [0.5, 0.6) is 0 Å². The van der Waals surface area contributed by atoms with E-state index in [1.807, 2.05) is 18.2 Å². The number of benzene rings is 2. The normalized spacial score (nSPS) is 16.2. The number of nitrogens with zero attached hydrogens (tertiary/aromatic N) is 2. The van der Waals surface area contributed by atoms with Crippen LogP contribution in [0.1, 0.15) is 45.4 Å². The van der Waals surface area contributed by atoms with Crippen LogP contribution < -0.4 is 15.8 Å². The van der Waals surface area contributed by atoms with Crippen LogP contribution in [-0.2, 0) is 29.1 Å². The number of hydrogen-bond donors (Lipinski definition) is 4. The highest BCUT2D eigenvalue weighted by Gasteiger charge is 2.38. The van der Waals surface area contributed by atoms with Crippen molar-refractivity contribution in [2.24, 2.45) is 11.7 Å². The first-order chi connectivity index (χ1) is 20.1. The Kier molecular flexibility index (Phi) is 12.2. The second-order valence-electron chi connectivity index (χ2n) is 10.8. The zero-order chi connectivity index (χ0) is 30.3. The van der Waals surface area contributed by atoms with E-state index in [0.717, 1.165) is 36.5 Å². The molecule has 1 atom stereocenters. The molecule has 14 heteroatoms. The van der Waals surface area contributed by atoms with Gasteiger partial charge in [0.15, 0.2) is 5.96 Å². The van der Waals surface area contributed by atoms with Crippen LogP contribution in [0.2, 0.25) is 0 Å². The number of hydrogen-bond acceptors (Lipinski definition) is 7. The molecule has 0 spiro atoms. The number of ether oxygens (including phenoxy) is 1. The van der Waals surface area contributed by atoms with Gasteiger partial charge in [0, 0.05) is 32.2 Å². The van der Waals surface area contributed by atoms with Gasteiger partial charge in [-0.3, -0.25) is 19.8 Å². The maximum atomic E-state index is 13.8. The summed E-state index contributed by atoms with van der Waals surface area (Å²) in [7, 11) is -4.18. The Balaban J connectivity index is 0.00000506. The smallest absolute Gasteiger partial charge is 0.307 e. The van der Waals surface area contributed by atoms with Crippen LogP contribution in [0, 0.1) is 11.3 Å². The summed E-state index contributed by atoms with van der Waals surface area (Å²) in [5.74, 6) is -1.24. The Morgan fingerprint density at radius 3 is 2.40 bits per heavy atom. The molecule has 4 rings (SSSR count). The van der Waals surface area contributed by atoms with Gasteiger partial charge in [0.1, 0.15) is 6.04 Å². The van der Waals surface area contributed by atoms with Gasteiger partial charge in [-0.25, -0.2) is 8.42 Å². The first-order valence-corrected chi connectivity index (χ1v) is 15.9. The van der Waals surface area contributed by atoms with Crippen molar-refractivity contribution >= 4 is 56.9 Å². The predicted octanol–water partition coefficient (Wildman–Crippen LogP) is 1.96. The van der Waals surface area contributed by atoms with Gasteiger partial charge in [0.2, 0.25) is 21.8 Å². The SMILES string of the molecule is CCOC(=O)CCN(C(=O)[C@H](CC(=O)NCC1CCN(C(=N)N)CC1)NS(=O)(=O)c1ccc2ccccc2c1)C1CC1.Cl. The lowest BCUT2D eigenvalue weighted by atomic mass is 9.97. The van der Waals surface area contributed by atoms with Crippen LogP contribution >= 0.6 is 12.4 Å². The maximum Gasteiger partial charge on any atom is 0.307 e. The average molecular weight is 637 g/mol. The third-order valence-electron chi connectivity index (χ3n) is 7.69. The van der Waals surface area contributed by atoms with Crippen LogP contribution in [0.25, 0.3) is 10.8 Å². The van der Waals surface area contributed by atoms with Gasteiger partial charge < -0.3 is 25.6 Å². The first kappa shape index (κ1) is 34.1. The van der Waals surface area contributed by atoms with Crippen molar-refractivity contribution in [3.8, 4) is 0 Å². The number of likely N-dealkylation sites (tertiary alicyclic amines) is 1. The van der Waals surface area contributed by atoms with E-state index >= 15 is 0 Å². The first-order valence-electron chi connectivity index (χ1n) is 14.4. The molecular weight excluding hydrogens is 596 g/mol. The molecule has 1 aliphatic carbocycles. The second kappa shape index (κ2) is 15.3. The monoisotopic (exact) mass is 636 g/mol. The minimum absolute atomic E-state index is 0. The van der Waals surface area contributed by atoms with E-state index in [2.05, 4.69) is 10.0 Å². The molecule has 2 amide bonds. The van der Waals surface area contributed by atoms with Gasteiger partial charge in [0.25, 0.3) is 0 Å². The number of carbonyl (C=O) groups excluding carboxylic acids is 3. The number of piperidine rings is 1. The topological polar surface area (TPSA) is 175 Å². The van der Waals surface area contributed by atoms with Crippen LogP contribution in [0.3, 0.4) is 0 Å². The summed E-state index contributed by atoms with van der Waals surface area (Å²) in [5.41, 5.74) is 5.56. The zero-order valence-electron chi connectivity index (χ0n) is 24.3. The maximum absolute atomic E-state index is 13.8. The number of nitrogens with one attached hydrogen (secondary N) is 3. The standard InChI is InChI=1S/C29H40N6O6S.ClH/c1-2-41-27(37)13-16-35(23-8-9-23)28(38)25(18-26(36)32-19-20-11-14-34(15-12-20)29(30)31)33-42(39,40)24-10-7-21-5-3-4-6-22(21)17-24;/h3-7,10,17,20,23,25,33H,2,8-9,11-16,18-19H2,1H3,(H3,30,31)(H,32,36);1H/t25-;/m0./s1. The molecule has 0 unspecified atom stereocenters. The van der Waals surface area contributed by atoms with Crippen molar-refractivity contribution in [3.63, 3.8) is 0 Å². The Morgan fingerprint density at radius 1 is 1.09 bits per heavy atom. The molecule has 1 saturated heterocycles. The molecule has 0 aromatic heterocycles. The predicted molar refractivity (Wildman–Crippen MR) is 165 cm³/mol. The van der Waals surface area contributed by atoms with E-state index in [4.69, 9.17) is 15.9 Å². The summed E-state index contributed by atoms with van der Waals surface area (Å²) < 4.78 is 34.5. The van der Waals surface area contributed by atoms with E-state index < -0.39 is 33.8 Å². The lowest BCUT2D eigenvalue weighted by Gasteiger charge is -2.32. The molecule has 5 N–H and O–H groups in total. The summed E-state index contributed by atoms with van der Waals surface area (Å²) in [6.07, 6.45) is 2.57. The molecule has 2 aliphatic rings. The van der Waals surface area contributed by atoms with Crippen LogP contribution in [-0.4, -0.2) is 86.8 Å². The molecule has 0 radical (unpaired) electrons. The van der Waals surface area contributed by atoms with Crippen molar-refractivity contribution < 1.29 is 27.5 Å². The van der Waals surface area contributed by atoms with Crippen molar-refractivity contribution in [3.05, 3.63) is 42.5 Å². The summed E-state index contributed by atoms with van der Waals surface area (Å²) in [6, 6.07) is 10.6. The molecule has 43 heavy (non-hydrogen) atoms. The number of rotatable bonds is 13. The third-order valence-corrected chi connectivity index (χ3v) is 9.16. The Hall–Kier alpha value is -3.42. The van der Waals surface area contributed by atoms with Crippen molar-refractivity contribution in [2.45, 2.75) is 62.4 Å². The highest BCUT2D eigenvalue weighted by molar-refractivity contribution is 7.89. The minimum Gasteiger partial charge on any atom is -0.466 e. The molecule has 1 aliphatic heterocycles. The van der Waals surface area contributed by atoms with E-state index in [1.54, 1.807) is 24.0 Å². The highest BCUT2D eigenvalue weighted by Crippen LogP contribution is 2.28. The Morgan fingerprint density at radius 2 is 1.77 bits per heavy atom. The van der Waals surface area contributed by atoms with Crippen LogP contribution in [0.15, 0.2) is 47.4 Å². The fraction of sp³-hybridized carbons (Fsp3) is 0.517. The fourth-order valence-corrected chi connectivity index (χ4v) is 6.39. The lowest BCUT2D eigenvalue weighted by Crippen LogP contribution is -2.52. The zero-order valence-corrected chi connectivity index (χ0v) is 25.9. The quantitative estimate of drug-likeness (QED) is 0.147. The van der Waals surface area contributed by atoms with Gasteiger partial charge in [-0.1, -0.05) is 30.3 Å². The summed E-state index contributed by atoms with van der Waals surface area (Å²) in [6.45, 7) is 3.62. The number of halogens is 1. The number of sulfonamides is 1. The molecule has 0 bridgehead atoms. The number of nitrogens with two attached hydrogens (primary N) is 1. The van der Waals surface area contributed by atoms with Gasteiger partial charge in [-0.2, -0.15) is 4.72 Å². The second-order valence-corrected chi connectivity index (χ2v) is 12.5. The molecular formula is C29H41ClN6O6S. The largest absolute Gasteiger partial charge is 0.466 e. The molecule has 2 fully saturated rings. The third kappa shape index (κ3) is 9.54. The number of amides is 2.